The van der Waals surface area contributed by atoms with Crippen molar-refractivity contribution in [1.82, 2.24) is 10.2 Å². The average Bonchev–Trinajstić information content (AvgIpc) is 2.75. The van der Waals surface area contributed by atoms with Crippen LogP contribution in [0.25, 0.3) is 0 Å². The third-order valence-electron chi connectivity index (χ3n) is 5.07. The Labute approximate surface area is 176 Å². The van der Waals surface area contributed by atoms with Crippen molar-refractivity contribution in [3.05, 3.63) is 40.3 Å². The maximum Gasteiger partial charge on any atom is 0.253 e. The van der Waals surface area contributed by atoms with Gasteiger partial charge in [0.25, 0.3) is 5.91 Å². The third-order valence-corrected chi connectivity index (χ3v) is 5.07. The van der Waals surface area contributed by atoms with Gasteiger partial charge in [-0.15, -0.1) is 4.91 Å². The summed E-state index contributed by atoms with van der Waals surface area (Å²) in [5.74, 6) is 0.132. The maximum absolute atomic E-state index is 13.0. The molecule has 1 atom stereocenters. The van der Waals surface area contributed by atoms with E-state index in [0.717, 1.165) is 49.9 Å². The van der Waals surface area contributed by atoms with Crippen molar-refractivity contribution in [3.8, 4) is 0 Å². The van der Waals surface area contributed by atoms with E-state index in [1.807, 2.05) is 29.2 Å². The first-order chi connectivity index (χ1) is 14.1. The van der Waals surface area contributed by atoms with Crippen LogP contribution in [0.3, 0.4) is 0 Å². The van der Waals surface area contributed by atoms with Crippen LogP contribution in [-0.2, 0) is 6.54 Å². The minimum absolute atomic E-state index is 0.132. The zero-order chi connectivity index (χ0) is 21.3. The molecule has 0 saturated heterocycles. The summed E-state index contributed by atoms with van der Waals surface area (Å²) in [6.07, 6.45) is 8.01. The minimum atomic E-state index is -1.11. The Kier molecular flexibility index (Phi) is 14.0. The van der Waals surface area contributed by atoms with Gasteiger partial charge in [-0.3, -0.25) is 4.79 Å². The Balaban J connectivity index is 2.50. The molecule has 1 aromatic rings. The van der Waals surface area contributed by atoms with Crippen LogP contribution in [0, 0.1) is 4.91 Å². The van der Waals surface area contributed by atoms with E-state index in [1.54, 1.807) is 0 Å². The van der Waals surface area contributed by atoms with Crippen molar-refractivity contribution in [2.45, 2.75) is 84.4 Å². The van der Waals surface area contributed by atoms with Crippen LogP contribution < -0.4 is 5.32 Å². The molecule has 1 unspecified atom stereocenters. The van der Waals surface area contributed by atoms with E-state index in [1.165, 1.54) is 19.3 Å². The average molecular weight is 406 g/mol. The molecular formula is C23H39N3O3. The highest BCUT2D eigenvalue weighted by Gasteiger charge is 2.15. The molecule has 164 valence electrons. The molecule has 0 radical (unpaired) electrons. The molecule has 6 nitrogen and oxygen atoms in total. The number of aliphatic hydroxyl groups excluding tert-OH is 1. The Morgan fingerprint density at radius 1 is 1.00 bits per heavy atom. The van der Waals surface area contributed by atoms with E-state index in [-0.39, 0.29) is 5.91 Å². The predicted molar refractivity (Wildman–Crippen MR) is 119 cm³/mol. The van der Waals surface area contributed by atoms with E-state index < -0.39 is 6.23 Å². The third kappa shape index (κ3) is 11.1. The van der Waals surface area contributed by atoms with Crippen molar-refractivity contribution in [3.63, 3.8) is 0 Å². The summed E-state index contributed by atoms with van der Waals surface area (Å²) in [7, 11) is 0. The number of carbonyl (C=O) groups is 1. The smallest absolute Gasteiger partial charge is 0.253 e. The van der Waals surface area contributed by atoms with Crippen molar-refractivity contribution < 1.29 is 9.90 Å². The first kappa shape index (κ1) is 25.2. The van der Waals surface area contributed by atoms with Crippen LogP contribution in [0.4, 0.5) is 0 Å². The molecule has 0 heterocycles. The molecular weight excluding hydrogens is 366 g/mol. The van der Waals surface area contributed by atoms with Gasteiger partial charge in [-0.05, 0) is 55.1 Å². The Hall–Kier alpha value is -1.79. The lowest BCUT2D eigenvalue weighted by atomic mass is 10.1. The zero-order valence-corrected chi connectivity index (χ0v) is 18.2. The summed E-state index contributed by atoms with van der Waals surface area (Å²) < 4.78 is 0. The molecule has 0 aromatic heterocycles. The fourth-order valence-corrected chi connectivity index (χ4v) is 3.24. The lowest BCUT2D eigenvalue weighted by molar-refractivity contribution is 0.0749. The lowest BCUT2D eigenvalue weighted by Crippen LogP contribution is -2.33. The number of rotatable bonds is 17. The molecule has 0 fully saturated rings. The first-order valence-corrected chi connectivity index (χ1v) is 11.2. The van der Waals surface area contributed by atoms with Gasteiger partial charge in [-0.25, -0.2) is 0 Å². The summed E-state index contributed by atoms with van der Waals surface area (Å²) in [6, 6.07) is 7.81. The second-order valence-corrected chi connectivity index (χ2v) is 7.66. The van der Waals surface area contributed by atoms with E-state index in [9.17, 15) is 9.70 Å². The van der Waals surface area contributed by atoms with Gasteiger partial charge < -0.3 is 15.3 Å². The molecule has 0 saturated carbocycles. The number of amides is 1. The highest BCUT2D eigenvalue weighted by atomic mass is 16.3. The lowest BCUT2D eigenvalue weighted by Gasteiger charge is -2.23. The number of nitroso groups, excluding NO2 is 1. The SMILES string of the molecule is CCCCCCN(CCCCC)C(=O)c1ccc(CNCCCC(O)N=O)cc1. The number of nitrogens with one attached hydrogen (secondary N) is 1. The van der Waals surface area contributed by atoms with Crippen LogP contribution in [-0.4, -0.2) is 41.8 Å². The maximum atomic E-state index is 13.0. The molecule has 0 aliphatic rings. The minimum Gasteiger partial charge on any atom is -0.369 e. The number of unbranched alkanes of at least 4 members (excludes halogenated alkanes) is 5. The van der Waals surface area contributed by atoms with Crippen molar-refractivity contribution in [2.75, 3.05) is 19.6 Å². The van der Waals surface area contributed by atoms with Crippen LogP contribution in [0.2, 0.25) is 0 Å². The number of nitrogens with zero attached hydrogens (tertiary/aromatic N) is 2. The summed E-state index contributed by atoms with van der Waals surface area (Å²) >= 11 is 0. The Morgan fingerprint density at radius 3 is 2.24 bits per heavy atom. The monoisotopic (exact) mass is 405 g/mol. The summed E-state index contributed by atoms with van der Waals surface area (Å²) in [4.78, 5) is 25.1. The number of aliphatic hydroxyl groups is 1. The topological polar surface area (TPSA) is 82.0 Å². The Morgan fingerprint density at radius 2 is 1.62 bits per heavy atom. The van der Waals surface area contributed by atoms with Crippen LogP contribution in [0.1, 0.15) is 87.6 Å². The fourth-order valence-electron chi connectivity index (χ4n) is 3.24. The number of carbonyl (C=O) groups excluding carboxylic acids is 1. The normalized spacial score (nSPS) is 12.0. The highest BCUT2D eigenvalue weighted by Crippen LogP contribution is 2.11. The largest absolute Gasteiger partial charge is 0.369 e. The standard InChI is InChI=1S/C23H39N3O3/c1-3-5-7-9-18-26(17-8-6-4-2)23(28)21-14-12-20(13-15-21)19-24-16-10-11-22(27)25-29/h12-15,22,24,27H,3-11,16-19H2,1-2H3. The van der Waals surface area contributed by atoms with Crippen molar-refractivity contribution in [1.29, 1.82) is 0 Å². The van der Waals surface area contributed by atoms with Crippen molar-refractivity contribution >= 4 is 5.91 Å². The molecule has 6 heteroatoms. The van der Waals surface area contributed by atoms with E-state index in [0.29, 0.717) is 25.9 Å². The van der Waals surface area contributed by atoms with Gasteiger partial charge in [0.05, 0.1) is 0 Å². The summed E-state index contributed by atoms with van der Waals surface area (Å²) in [5, 5.41) is 15.0. The molecule has 29 heavy (non-hydrogen) atoms. The van der Waals surface area contributed by atoms with E-state index in [2.05, 4.69) is 24.3 Å². The summed E-state index contributed by atoms with van der Waals surface area (Å²) in [5.41, 5.74) is 1.86. The van der Waals surface area contributed by atoms with Gasteiger partial charge in [-0.1, -0.05) is 58.1 Å². The molecule has 0 bridgehead atoms. The van der Waals surface area contributed by atoms with Gasteiger partial charge in [0, 0.05) is 25.2 Å². The van der Waals surface area contributed by atoms with Crippen LogP contribution in [0.15, 0.2) is 29.4 Å². The van der Waals surface area contributed by atoms with Gasteiger partial charge in [-0.2, -0.15) is 0 Å². The summed E-state index contributed by atoms with van der Waals surface area (Å²) in [6.45, 7) is 7.46. The van der Waals surface area contributed by atoms with Gasteiger partial charge in [0.1, 0.15) is 0 Å². The number of hydrogen-bond donors (Lipinski definition) is 2. The molecule has 0 aliphatic carbocycles. The van der Waals surface area contributed by atoms with E-state index >= 15 is 0 Å². The van der Waals surface area contributed by atoms with Crippen LogP contribution >= 0.6 is 0 Å². The second kappa shape index (κ2) is 16.1. The highest BCUT2D eigenvalue weighted by molar-refractivity contribution is 5.94. The van der Waals surface area contributed by atoms with E-state index in [4.69, 9.17) is 5.11 Å². The van der Waals surface area contributed by atoms with Crippen LogP contribution in [0.5, 0.6) is 0 Å². The zero-order valence-electron chi connectivity index (χ0n) is 18.2. The first-order valence-electron chi connectivity index (χ1n) is 11.2. The molecule has 1 rings (SSSR count). The van der Waals surface area contributed by atoms with Gasteiger partial charge in [0.15, 0.2) is 6.23 Å². The number of hydrogen-bond acceptors (Lipinski definition) is 5. The Bertz CT molecular complexity index is 563. The van der Waals surface area contributed by atoms with Gasteiger partial charge in [0.2, 0.25) is 0 Å². The quantitative estimate of drug-likeness (QED) is 0.287. The molecule has 0 spiro atoms. The molecule has 0 aliphatic heterocycles. The molecule has 1 aromatic carbocycles. The number of benzene rings is 1. The predicted octanol–water partition coefficient (Wildman–Crippen LogP) is 4.85. The fraction of sp³-hybridized carbons (Fsp3) is 0.696. The molecule has 1 amide bonds. The van der Waals surface area contributed by atoms with Crippen molar-refractivity contribution in [2.24, 2.45) is 5.18 Å². The van der Waals surface area contributed by atoms with Gasteiger partial charge >= 0.3 is 0 Å². The second-order valence-electron chi connectivity index (χ2n) is 7.66. The molecule has 2 N–H and O–H groups in total.